The van der Waals surface area contributed by atoms with Gasteiger partial charge in [-0.15, -0.1) is 0 Å². The smallest absolute Gasteiger partial charge is 0.151 e. The molecule has 0 bridgehead atoms. The third-order valence-corrected chi connectivity index (χ3v) is 3.51. The molecule has 2 aromatic heterocycles. The fraction of sp³-hybridized carbons (Fsp3) is 0.333. The molecule has 0 spiro atoms. The molecule has 4 nitrogen and oxygen atoms in total. The van der Waals surface area contributed by atoms with Gasteiger partial charge in [0.15, 0.2) is 5.82 Å². The molecule has 0 radical (unpaired) electrons. The Kier molecular flexibility index (Phi) is 4.23. The number of hydrogen-bond acceptors (Lipinski definition) is 3. The molecule has 0 amide bonds. The van der Waals surface area contributed by atoms with Crippen molar-refractivity contribution in [1.82, 2.24) is 14.8 Å². The fourth-order valence-corrected chi connectivity index (χ4v) is 2.23. The van der Waals surface area contributed by atoms with Crippen LogP contribution in [0.1, 0.15) is 25.5 Å². The van der Waals surface area contributed by atoms with Crippen molar-refractivity contribution in [3.05, 3.63) is 33.2 Å². The van der Waals surface area contributed by atoms with Gasteiger partial charge in [-0.05, 0) is 12.0 Å². The van der Waals surface area contributed by atoms with Crippen LogP contribution in [0.3, 0.4) is 0 Å². The Morgan fingerprint density at radius 1 is 1.21 bits per heavy atom. The summed E-state index contributed by atoms with van der Waals surface area (Å²) >= 11 is 17.8. The SMILES string of the molecule is CC(C)c1nn(C)cc1Nc1nc(Cl)c(Cl)cc1Cl. The van der Waals surface area contributed by atoms with E-state index in [1.165, 1.54) is 0 Å². The van der Waals surface area contributed by atoms with Crippen LogP contribution in [0.5, 0.6) is 0 Å². The van der Waals surface area contributed by atoms with E-state index in [-0.39, 0.29) is 11.1 Å². The Bertz CT molecular complexity index is 607. The molecule has 2 aromatic rings. The first kappa shape index (κ1) is 14.4. The Morgan fingerprint density at radius 3 is 2.53 bits per heavy atom. The number of nitrogens with one attached hydrogen (secondary N) is 1. The monoisotopic (exact) mass is 318 g/mol. The summed E-state index contributed by atoms with van der Waals surface area (Å²) < 4.78 is 1.74. The van der Waals surface area contributed by atoms with Crippen molar-refractivity contribution in [1.29, 1.82) is 0 Å². The molecule has 1 N–H and O–H groups in total. The first-order valence-electron chi connectivity index (χ1n) is 5.70. The third-order valence-electron chi connectivity index (χ3n) is 2.54. The zero-order chi connectivity index (χ0) is 14.2. The van der Waals surface area contributed by atoms with E-state index in [1.807, 2.05) is 13.2 Å². The van der Waals surface area contributed by atoms with Gasteiger partial charge < -0.3 is 5.32 Å². The molecule has 0 aliphatic carbocycles. The lowest BCUT2D eigenvalue weighted by atomic mass is 10.1. The summed E-state index contributed by atoms with van der Waals surface area (Å²) in [7, 11) is 1.86. The second-order valence-electron chi connectivity index (χ2n) is 4.47. The van der Waals surface area contributed by atoms with Crippen molar-refractivity contribution in [2.45, 2.75) is 19.8 Å². The van der Waals surface area contributed by atoms with Crippen LogP contribution in [0.15, 0.2) is 12.3 Å². The maximum atomic E-state index is 6.09. The minimum absolute atomic E-state index is 0.212. The van der Waals surface area contributed by atoms with Gasteiger partial charge in [0, 0.05) is 13.2 Å². The van der Waals surface area contributed by atoms with E-state index < -0.39 is 0 Å². The molecule has 2 heterocycles. The number of anilines is 2. The van der Waals surface area contributed by atoms with Gasteiger partial charge in [0.1, 0.15) is 5.15 Å². The highest BCUT2D eigenvalue weighted by Gasteiger charge is 2.14. The first-order valence-corrected chi connectivity index (χ1v) is 6.84. The molecule has 2 rings (SSSR count). The van der Waals surface area contributed by atoms with Crippen molar-refractivity contribution < 1.29 is 0 Å². The van der Waals surface area contributed by atoms with Crippen molar-refractivity contribution in [2.24, 2.45) is 7.05 Å². The summed E-state index contributed by atoms with van der Waals surface area (Å²) in [4.78, 5) is 4.13. The Labute approximate surface area is 126 Å². The highest BCUT2D eigenvalue weighted by molar-refractivity contribution is 6.43. The normalized spacial score (nSPS) is 11.1. The fourth-order valence-electron chi connectivity index (χ4n) is 1.69. The molecule has 0 aliphatic rings. The van der Waals surface area contributed by atoms with Crippen LogP contribution in [0, 0.1) is 0 Å². The lowest BCUT2D eigenvalue weighted by Crippen LogP contribution is -1.99. The van der Waals surface area contributed by atoms with Crippen LogP contribution in [-0.4, -0.2) is 14.8 Å². The molecule has 0 aromatic carbocycles. The molecule has 0 fully saturated rings. The average molecular weight is 320 g/mol. The van der Waals surface area contributed by atoms with Crippen LogP contribution in [0.25, 0.3) is 0 Å². The molecule has 19 heavy (non-hydrogen) atoms. The summed E-state index contributed by atoms with van der Waals surface area (Å²) in [6.45, 7) is 4.13. The quantitative estimate of drug-likeness (QED) is 0.838. The maximum Gasteiger partial charge on any atom is 0.151 e. The molecule has 0 saturated carbocycles. The first-order chi connectivity index (χ1) is 8.88. The Hall–Kier alpha value is -0.970. The van der Waals surface area contributed by atoms with Crippen LogP contribution in [-0.2, 0) is 7.05 Å². The minimum Gasteiger partial charge on any atom is -0.336 e. The third kappa shape index (κ3) is 3.14. The topological polar surface area (TPSA) is 42.7 Å². The zero-order valence-corrected chi connectivity index (χ0v) is 13.0. The number of rotatable bonds is 3. The van der Waals surface area contributed by atoms with Gasteiger partial charge in [0.2, 0.25) is 0 Å². The van der Waals surface area contributed by atoms with Crippen LogP contribution in [0.2, 0.25) is 15.2 Å². The number of aromatic nitrogens is 3. The Morgan fingerprint density at radius 2 is 1.89 bits per heavy atom. The minimum atomic E-state index is 0.212. The standard InChI is InChI=1S/C12H13Cl3N4/c1-6(2)10-9(5-19(3)18-10)16-12-8(14)4-7(13)11(15)17-12/h4-6H,1-3H3,(H,16,17). The van der Waals surface area contributed by atoms with E-state index in [9.17, 15) is 0 Å². The van der Waals surface area contributed by atoms with E-state index in [0.29, 0.717) is 15.9 Å². The molecule has 0 saturated heterocycles. The molecule has 0 aliphatic heterocycles. The van der Waals surface area contributed by atoms with E-state index >= 15 is 0 Å². The molecule has 7 heteroatoms. The highest BCUT2D eigenvalue weighted by Crippen LogP contribution is 2.32. The number of aryl methyl sites for hydroxylation is 1. The average Bonchev–Trinajstić information content (AvgIpc) is 2.67. The van der Waals surface area contributed by atoms with E-state index in [2.05, 4.69) is 29.2 Å². The number of pyridine rings is 1. The number of hydrogen-bond donors (Lipinski definition) is 1. The number of halogens is 3. The predicted molar refractivity (Wildman–Crippen MR) is 79.8 cm³/mol. The molecular weight excluding hydrogens is 307 g/mol. The zero-order valence-electron chi connectivity index (χ0n) is 10.7. The van der Waals surface area contributed by atoms with Crippen LogP contribution < -0.4 is 5.32 Å². The molecule has 0 unspecified atom stereocenters. The van der Waals surface area contributed by atoms with Crippen molar-refractivity contribution in [3.63, 3.8) is 0 Å². The van der Waals surface area contributed by atoms with Gasteiger partial charge in [0.25, 0.3) is 0 Å². The summed E-state index contributed by atoms with van der Waals surface area (Å²) in [5, 5.41) is 8.49. The van der Waals surface area contributed by atoms with Gasteiger partial charge in [-0.2, -0.15) is 5.10 Å². The van der Waals surface area contributed by atoms with Gasteiger partial charge in [-0.25, -0.2) is 4.98 Å². The van der Waals surface area contributed by atoms with E-state index in [1.54, 1.807) is 10.7 Å². The van der Waals surface area contributed by atoms with Crippen molar-refractivity contribution >= 4 is 46.3 Å². The van der Waals surface area contributed by atoms with Gasteiger partial charge >= 0.3 is 0 Å². The van der Waals surface area contributed by atoms with Crippen molar-refractivity contribution in [2.75, 3.05) is 5.32 Å². The van der Waals surface area contributed by atoms with Gasteiger partial charge in [-0.1, -0.05) is 48.7 Å². The molecule has 102 valence electrons. The van der Waals surface area contributed by atoms with Gasteiger partial charge in [-0.3, -0.25) is 4.68 Å². The second kappa shape index (κ2) is 5.57. The summed E-state index contributed by atoms with van der Waals surface area (Å²) in [5.74, 6) is 0.746. The van der Waals surface area contributed by atoms with Gasteiger partial charge in [0.05, 0.1) is 21.4 Å². The second-order valence-corrected chi connectivity index (χ2v) is 5.65. The highest BCUT2D eigenvalue weighted by atomic mass is 35.5. The Balaban J connectivity index is 2.39. The lowest BCUT2D eigenvalue weighted by molar-refractivity contribution is 0.713. The summed E-state index contributed by atoms with van der Waals surface area (Å²) in [6.07, 6.45) is 1.87. The molecule has 0 atom stereocenters. The largest absolute Gasteiger partial charge is 0.336 e. The molecular formula is C12H13Cl3N4. The summed E-state index contributed by atoms with van der Waals surface area (Å²) in [5.41, 5.74) is 1.79. The van der Waals surface area contributed by atoms with E-state index in [0.717, 1.165) is 11.4 Å². The lowest BCUT2D eigenvalue weighted by Gasteiger charge is -2.09. The van der Waals surface area contributed by atoms with E-state index in [4.69, 9.17) is 34.8 Å². The van der Waals surface area contributed by atoms with Crippen molar-refractivity contribution in [3.8, 4) is 0 Å². The van der Waals surface area contributed by atoms with Crippen LogP contribution in [0.4, 0.5) is 11.5 Å². The number of nitrogens with zero attached hydrogens (tertiary/aromatic N) is 3. The predicted octanol–water partition coefficient (Wildman–Crippen LogP) is 4.64. The van der Waals surface area contributed by atoms with Crippen LogP contribution >= 0.6 is 34.8 Å². The summed E-state index contributed by atoms with van der Waals surface area (Å²) in [6, 6.07) is 1.56. The maximum absolute atomic E-state index is 6.09.